The minimum Gasteiger partial charge on any atom is -0.399 e. The SMILES string of the molecule is CC(c1cccc(N)c1)N(C)CC1CCC2(CCCC2)O1. The van der Waals surface area contributed by atoms with Gasteiger partial charge in [0.1, 0.15) is 0 Å². The standard InChI is InChI=1S/C18H28N2O/c1-14(15-6-5-7-16(19)12-15)20(2)13-17-8-11-18(21-17)9-3-4-10-18/h5-7,12,14,17H,3-4,8-11,13,19H2,1-2H3. The van der Waals surface area contributed by atoms with Crippen molar-refractivity contribution in [1.29, 1.82) is 0 Å². The molecule has 1 aromatic carbocycles. The molecule has 1 heterocycles. The Balaban J connectivity index is 1.57. The number of rotatable bonds is 4. The fourth-order valence-electron chi connectivity index (χ4n) is 3.96. The van der Waals surface area contributed by atoms with E-state index in [0.717, 1.165) is 12.2 Å². The van der Waals surface area contributed by atoms with Crippen molar-refractivity contribution >= 4 is 5.69 Å². The third kappa shape index (κ3) is 3.24. The molecule has 3 heteroatoms. The van der Waals surface area contributed by atoms with Crippen LogP contribution in [-0.4, -0.2) is 30.2 Å². The predicted octanol–water partition coefficient (Wildman–Crippen LogP) is 3.75. The molecule has 2 aliphatic rings. The van der Waals surface area contributed by atoms with Gasteiger partial charge in [-0.3, -0.25) is 4.90 Å². The Bertz CT molecular complexity index is 482. The molecule has 0 bridgehead atoms. The largest absolute Gasteiger partial charge is 0.399 e. The highest BCUT2D eigenvalue weighted by Gasteiger charge is 2.42. The third-order valence-electron chi connectivity index (χ3n) is 5.40. The second-order valence-corrected chi connectivity index (χ2v) is 6.95. The molecule has 1 aromatic rings. The normalized spacial score (nSPS) is 25.8. The van der Waals surface area contributed by atoms with Crippen molar-refractivity contribution in [3.8, 4) is 0 Å². The van der Waals surface area contributed by atoms with Crippen LogP contribution in [0.2, 0.25) is 0 Å². The van der Waals surface area contributed by atoms with Crippen LogP contribution in [0.3, 0.4) is 0 Å². The lowest BCUT2D eigenvalue weighted by Crippen LogP contribution is -2.33. The quantitative estimate of drug-likeness (QED) is 0.857. The van der Waals surface area contributed by atoms with Gasteiger partial charge >= 0.3 is 0 Å². The van der Waals surface area contributed by atoms with Crippen molar-refractivity contribution in [3.63, 3.8) is 0 Å². The van der Waals surface area contributed by atoms with Crippen LogP contribution in [0.15, 0.2) is 24.3 Å². The van der Waals surface area contributed by atoms with Crippen molar-refractivity contribution in [2.24, 2.45) is 0 Å². The highest BCUT2D eigenvalue weighted by molar-refractivity contribution is 5.41. The first-order valence-electron chi connectivity index (χ1n) is 8.31. The number of ether oxygens (including phenoxy) is 1. The van der Waals surface area contributed by atoms with Gasteiger partial charge in [0.15, 0.2) is 0 Å². The highest BCUT2D eigenvalue weighted by Crippen LogP contribution is 2.43. The average molecular weight is 288 g/mol. The number of nitrogen functional groups attached to an aromatic ring is 1. The Morgan fingerprint density at radius 2 is 2.10 bits per heavy atom. The summed E-state index contributed by atoms with van der Waals surface area (Å²) in [6, 6.07) is 8.59. The summed E-state index contributed by atoms with van der Waals surface area (Å²) in [7, 11) is 2.19. The monoisotopic (exact) mass is 288 g/mol. The van der Waals surface area contributed by atoms with E-state index in [9.17, 15) is 0 Å². The number of hydrogen-bond acceptors (Lipinski definition) is 3. The minimum atomic E-state index is 0.242. The molecular formula is C18H28N2O. The molecule has 2 atom stereocenters. The maximum atomic E-state index is 6.42. The van der Waals surface area contributed by atoms with Gasteiger partial charge in [0, 0.05) is 18.3 Å². The molecule has 3 rings (SSSR count). The van der Waals surface area contributed by atoms with Crippen LogP contribution in [0.5, 0.6) is 0 Å². The first-order chi connectivity index (χ1) is 10.1. The van der Waals surface area contributed by atoms with E-state index in [1.165, 1.54) is 44.1 Å². The summed E-state index contributed by atoms with van der Waals surface area (Å²) in [5, 5.41) is 0. The smallest absolute Gasteiger partial charge is 0.0710 e. The molecule has 0 amide bonds. The van der Waals surface area contributed by atoms with Crippen molar-refractivity contribution in [3.05, 3.63) is 29.8 Å². The Morgan fingerprint density at radius 3 is 2.81 bits per heavy atom. The zero-order chi connectivity index (χ0) is 14.9. The second-order valence-electron chi connectivity index (χ2n) is 6.95. The fourth-order valence-corrected chi connectivity index (χ4v) is 3.96. The molecule has 21 heavy (non-hydrogen) atoms. The maximum absolute atomic E-state index is 6.42. The zero-order valence-electron chi connectivity index (χ0n) is 13.3. The fraction of sp³-hybridized carbons (Fsp3) is 0.667. The minimum absolute atomic E-state index is 0.242. The zero-order valence-corrected chi connectivity index (χ0v) is 13.3. The topological polar surface area (TPSA) is 38.5 Å². The Morgan fingerprint density at radius 1 is 1.33 bits per heavy atom. The van der Waals surface area contributed by atoms with Crippen molar-refractivity contribution in [2.75, 3.05) is 19.3 Å². The van der Waals surface area contributed by atoms with Crippen molar-refractivity contribution < 1.29 is 4.74 Å². The lowest BCUT2D eigenvalue weighted by Gasteiger charge is -2.29. The molecule has 0 aromatic heterocycles. The first kappa shape index (κ1) is 14.9. The lowest BCUT2D eigenvalue weighted by atomic mass is 9.98. The predicted molar refractivity (Wildman–Crippen MR) is 87.2 cm³/mol. The van der Waals surface area contributed by atoms with Gasteiger partial charge in [0.2, 0.25) is 0 Å². The molecule has 1 saturated carbocycles. The second kappa shape index (κ2) is 5.98. The maximum Gasteiger partial charge on any atom is 0.0710 e. The van der Waals surface area contributed by atoms with Gasteiger partial charge in [-0.2, -0.15) is 0 Å². The number of likely N-dealkylation sites (N-methyl/N-ethyl adjacent to an activating group) is 1. The van der Waals surface area contributed by atoms with E-state index in [1.807, 2.05) is 12.1 Å². The number of anilines is 1. The van der Waals surface area contributed by atoms with Gasteiger partial charge in [-0.15, -0.1) is 0 Å². The molecule has 2 N–H and O–H groups in total. The third-order valence-corrected chi connectivity index (χ3v) is 5.40. The summed E-state index contributed by atoms with van der Waals surface area (Å²) in [6.07, 6.45) is 8.13. The van der Waals surface area contributed by atoms with Gasteiger partial charge < -0.3 is 10.5 Å². The van der Waals surface area contributed by atoms with Crippen LogP contribution in [-0.2, 0) is 4.74 Å². The molecule has 1 aliphatic carbocycles. The van der Waals surface area contributed by atoms with Crippen LogP contribution < -0.4 is 5.73 Å². The van der Waals surface area contributed by atoms with Crippen molar-refractivity contribution in [2.45, 2.75) is 63.2 Å². The summed E-state index contributed by atoms with van der Waals surface area (Å²) in [4.78, 5) is 2.40. The van der Waals surface area contributed by atoms with E-state index in [-0.39, 0.29) is 5.60 Å². The van der Waals surface area contributed by atoms with E-state index in [1.54, 1.807) is 0 Å². The van der Waals surface area contributed by atoms with E-state index >= 15 is 0 Å². The number of benzene rings is 1. The summed E-state index contributed by atoms with van der Waals surface area (Å²) in [6.45, 7) is 3.26. The van der Waals surface area contributed by atoms with Crippen LogP contribution in [0.1, 0.15) is 57.1 Å². The summed E-state index contributed by atoms with van der Waals surface area (Å²) < 4.78 is 6.42. The van der Waals surface area contributed by atoms with E-state index in [0.29, 0.717) is 12.1 Å². The summed E-state index contributed by atoms with van der Waals surface area (Å²) in [5.74, 6) is 0. The van der Waals surface area contributed by atoms with E-state index in [2.05, 4.69) is 31.0 Å². The number of nitrogens with two attached hydrogens (primary N) is 1. The summed E-state index contributed by atoms with van der Waals surface area (Å²) in [5.41, 5.74) is 8.26. The van der Waals surface area contributed by atoms with Crippen LogP contribution in [0.25, 0.3) is 0 Å². The van der Waals surface area contributed by atoms with Crippen LogP contribution in [0.4, 0.5) is 5.69 Å². The van der Waals surface area contributed by atoms with Gasteiger partial charge in [-0.05, 0) is 57.4 Å². The molecular weight excluding hydrogens is 260 g/mol. The molecule has 1 aliphatic heterocycles. The van der Waals surface area contributed by atoms with Crippen molar-refractivity contribution in [1.82, 2.24) is 4.90 Å². The summed E-state index contributed by atoms with van der Waals surface area (Å²) >= 11 is 0. The van der Waals surface area contributed by atoms with Gasteiger partial charge in [0.25, 0.3) is 0 Å². The van der Waals surface area contributed by atoms with Gasteiger partial charge in [0.05, 0.1) is 11.7 Å². The molecule has 1 spiro atoms. The number of hydrogen-bond donors (Lipinski definition) is 1. The molecule has 2 fully saturated rings. The van der Waals surface area contributed by atoms with E-state index < -0.39 is 0 Å². The van der Waals surface area contributed by atoms with E-state index in [4.69, 9.17) is 10.5 Å². The van der Waals surface area contributed by atoms with Crippen LogP contribution in [0, 0.1) is 0 Å². The Labute approximate surface area is 128 Å². The molecule has 116 valence electrons. The van der Waals surface area contributed by atoms with Gasteiger partial charge in [-0.1, -0.05) is 25.0 Å². The first-order valence-corrected chi connectivity index (χ1v) is 8.31. The Hall–Kier alpha value is -1.06. The highest BCUT2D eigenvalue weighted by atomic mass is 16.5. The number of nitrogens with zero attached hydrogens (tertiary/aromatic N) is 1. The molecule has 0 radical (unpaired) electrons. The average Bonchev–Trinajstić information content (AvgIpc) is 3.08. The molecule has 1 saturated heterocycles. The molecule has 2 unspecified atom stereocenters. The Kier molecular flexibility index (Phi) is 4.23. The molecule has 3 nitrogen and oxygen atoms in total. The lowest BCUT2D eigenvalue weighted by molar-refractivity contribution is -0.0480. The van der Waals surface area contributed by atoms with Gasteiger partial charge in [-0.25, -0.2) is 0 Å². The van der Waals surface area contributed by atoms with Crippen LogP contribution >= 0.6 is 0 Å².